The summed E-state index contributed by atoms with van der Waals surface area (Å²) in [7, 11) is 0. The summed E-state index contributed by atoms with van der Waals surface area (Å²) >= 11 is 0. The molecular weight excluding hydrogens is 553 g/mol. The minimum Gasteiger partial charge on any atom is -0.454 e. The number of hydrogen-bond donors (Lipinski definition) is 4. The number of pyridine rings is 2. The van der Waals surface area contributed by atoms with Gasteiger partial charge < -0.3 is 20.7 Å². The molecule has 2 aromatic carbocycles. The first-order valence-electron chi connectivity index (χ1n) is 12.7. The highest BCUT2D eigenvalue weighted by molar-refractivity contribution is 6.01. The minimum atomic E-state index is -0.858. The molecule has 42 heavy (non-hydrogen) atoms. The first kappa shape index (κ1) is 29.5. The third-order valence-corrected chi connectivity index (χ3v) is 5.63. The van der Waals surface area contributed by atoms with Crippen molar-refractivity contribution in [2.75, 3.05) is 23.7 Å². The lowest BCUT2D eigenvalue weighted by atomic mass is 10.1. The molecule has 4 aromatic rings. The smallest absolute Gasteiger partial charge is 0.325 e. The second-order valence-corrected chi connectivity index (χ2v) is 8.81. The molecule has 13 heteroatoms. The van der Waals surface area contributed by atoms with Crippen LogP contribution in [0.1, 0.15) is 22.3 Å². The van der Waals surface area contributed by atoms with E-state index in [0.717, 1.165) is 6.07 Å². The molecule has 0 unspecified atom stereocenters. The number of urea groups is 1. The molecule has 0 aliphatic rings. The van der Waals surface area contributed by atoms with Crippen molar-refractivity contribution in [1.82, 2.24) is 20.6 Å². The van der Waals surface area contributed by atoms with E-state index >= 15 is 0 Å². The summed E-state index contributed by atoms with van der Waals surface area (Å²) in [5.74, 6) is -2.61. The van der Waals surface area contributed by atoms with Crippen LogP contribution in [0.3, 0.4) is 0 Å². The van der Waals surface area contributed by atoms with Gasteiger partial charge in [0.1, 0.15) is 17.4 Å². The van der Waals surface area contributed by atoms with Gasteiger partial charge in [0.25, 0.3) is 5.91 Å². The van der Waals surface area contributed by atoms with Crippen molar-refractivity contribution in [1.29, 1.82) is 0 Å². The standard InChI is InChI=1S/C29H25F3N6O4/c30-19-6-4-18(5-7-19)15-26(39)38-29(41)37-20-8-9-24(23(31)16-20)42-21-10-14-34-25(17-21)33-12-2-13-36-28(40)22-3-1-11-35-27(22)32/h1,3-11,14,16-17H,2,12-13,15H2,(H,33,34)(H,36,40)(H2,37,38,39,41). The molecule has 4 rings (SSSR count). The number of nitrogens with zero attached hydrogens (tertiary/aromatic N) is 2. The van der Waals surface area contributed by atoms with Gasteiger partial charge in [-0.2, -0.15) is 4.39 Å². The maximum Gasteiger partial charge on any atom is 0.325 e. The van der Waals surface area contributed by atoms with Crippen molar-refractivity contribution in [3.8, 4) is 11.5 Å². The van der Waals surface area contributed by atoms with Crippen LogP contribution < -0.4 is 26.0 Å². The zero-order valence-electron chi connectivity index (χ0n) is 22.0. The van der Waals surface area contributed by atoms with Gasteiger partial charge in [0.05, 0.1) is 12.0 Å². The number of halogens is 3. The van der Waals surface area contributed by atoms with Gasteiger partial charge >= 0.3 is 6.03 Å². The summed E-state index contributed by atoms with van der Waals surface area (Å²) < 4.78 is 46.8. The van der Waals surface area contributed by atoms with Gasteiger partial charge in [-0.15, -0.1) is 0 Å². The third kappa shape index (κ3) is 8.78. The van der Waals surface area contributed by atoms with Crippen LogP contribution in [0.15, 0.2) is 79.1 Å². The van der Waals surface area contributed by atoms with E-state index < -0.39 is 35.4 Å². The lowest BCUT2D eigenvalue weighted by Crippen LogP contribution is -2.35. The Morgan fingerprint density at radius 1 is 0.857 bits per heavy atom. The van der Waals surface area contributed by atoms with Gasteiger partial charge in [-0.25, -0.2) is 23.5 Å². The fourth-order valence-electron chi connectivity index (χ4n) is 3.64. The van der Waals surface area contributed by atoms with Crippen LogP contribution in [0.4, 0.5) is 29.5 Å². The number of nitrogens with one attached hydrogen (secondary N) is 4. The van der Waals surface area contributed by atoms with E-state index in [2.05, 4.69) is 31.2 Å². The summed E-state index contributed by atoms with van der Waals surface area (Å²) in [5.41, 5.74) is 0.471. The first-order chi connectivity index (χ1) is 20.3. The molecule has 0 bridgehead atoms. The van der Waals surface area contributed by atoms with Gasteiger partial charge in [0.2, 0.25) is 11.9 Å². The van der Waals surface area contributed by atoms with Gasteiger partial charge in [0.15, 0.2) is 11.6 Å². The van der Waals surface area contributed by atoms with Gasteiger partial charge in [-0.3, -0.25) is 14.9 Å². The van der Waals surface area contributed by atoms with Crippen LogP contribution in [0.2, 0.25) is 0 Å². The molecule has 0 saturated heterocycles. The number of amides is 4. The van der Waals surface area contributed by atoms with Crippen LogP contribution in [0.25, 0.3) is 0 Å². The molecule has 0 aliphatic heterocycles. The molecule has 0 aliphatic carbocycles. The normalized spacial score (nSPS) is 10.5. The van der Waals surface area contributed by atoms with Crippen molar-refractivity contribution in [2.24, 2.45) is 0 Å². The van der Waals surface area contributed by atoms with E-state index in [1.54, 1.807) is 6.07 Å². The predicted octanol–water partition coefficient (Wildman–Crippen LogP) is 4.81. The van der Waals surface area contributed by atoms with E-state index in [-0.39, 0.29) is 35.7 Å². The number of benzene rings is 2. The van der Waals surface area contributed by atoms with Crippen molar-refractivity contribution in [2.45, 2.75) is 12.8 Å². The Morgan fingerprint density at radius 2 is 1.67 bits per heavy atom. The Morgan fingerprint density at radius 3 is 2.43 bits per heavy atom. The second-order valence-electron chi connectivity index (χ2n) is 8.81. The molecule has 4 N–H and O–H groups in total. The Hall–Kier alpha value is -5.46. The lowest BCUT2D eigenvalue weighted by molar-refractivity contribution is -0.119. The monoisotopic (exact) mass is 578 g/mol. The molecule has 0 fully saturated rings. The van der Waals surface area contributed by atoms with Gasteiger partial charge in [0, 0.05) is 43.3 Å². The number of ether oxygens (including phenoxy) is 1. The molecular formula is C29H25F3N6O4. The number of imide groups is 1. The summed E-state index contributed by atoms with van der Waals surface area (Å²) in [6.45, 7) is 0.706. The molecule has 0 atom stereocenters. The van der Waals surface area contributed by atoms with Crippen molar-refractivity contribution >= 4 is 29.4 Å². The molecule has 2 heterocycles. The number of rotatable bonds is 11. The Kier molecular flexibility index (Phi) is 10.0. The Labute approximate surface area is 238 Å². The van der Waals surface area contributed by atoms with E-state index in [0.29, 0.717) is 24.3 Å². The van der Waals surface area contributed by atoms with Gasteiger partial charge in [-0.1, -0.05) is 12.1 Å². The average molecular weight is 579 g/mol. The van der Waals surface area contributed by atoms with Crippen LogP contribution in [0.5, 0.6) is 11.5 Å². The number of aromatic nitrogens is 2. The van der Waals surface area contributed by atoms with Crippen LogP contribution in [0, 0.1) is 17.6 Å². The molecule has 0 saturated carbocycles. The highest BCUT2D eigenvalue weighted by atomic mass is 19.1. The lowest BCUT2D eigenvalue weighted by Gasteiger charge is -2.11. The first-order valence-corrected chi connectivity index (χ1v) is 12.7. The topological polar surface area (TPSA) is 134 Å². The van der Waals surface area contributed by atoms with Crippen molar-refractivity contribution in [3.05, 3.63) is 108 Å². The Bertz CT molecular complexity index is 1570. The molecule has 0 spiro atoms. The maximum atomic E-state index is 14.7. The summed E-state index contributed by atoms with van der Waals surface area (Å²) in [4.78, 5) is 43.8. The van der Waals surface area contributed by atoms with Crippen LogP contribution >= 0.6 is 0 Å². The minimum absolute atomic E-state index is 0.0855. The highest BCUT2D eigenvalue weighted by Crippen LogP contribution is 2.27. The van der Waals surface area contributed by atoms with Crippen LogP contribution in [-0.2, 0) is 11.2 Å². The molecule has 2 aromatic heterocycles. The van der Waals surface area contributed by atoms with Crippen molar-refractivity contribution < 1.29 is 32.3 Å². The maximum absolute atomic E-state index is 14.7. The van der Waals surface area contributed by atoms with E-state index in [1.165, 1.54) is 67.0 Å². The van der Waals surface area contributed by atoms with E-state index in [9.17, 15) is 27.6 Å². The summed E-state index contributed by atoms with van der Waals surface area (Å²) in [6.07, 6.45) is 3.09. The average Bonchev–Trinajstić information content (AvgIpc) is 2.96. The zero-order valence-corrected chi connectivity index (χ0v) is 22.0. The van der Waals surface area contributed by atoms with Gasteiger partial charge in [-0.05, 0) is 54.4 Å². The SMILES string of the molecule is O=C(Cc1ccc(F)cc1)NC(=O)Nc1ccc(Oc2ccnc(NCCCNC(=O)c3cccnc3F)c2)c(F)c1. The quantitative estimate of drug-likeness (QED) is 0.148. The largest absolute Gasteiger partial charge is 0.454 e. The Balaban J connectivity index is 1.22. The van der Waals surface area contributed by atoms with Crippen molar-refractivity contribution in [3.63, 3.8) is 0 Å². The third-order valence-electron chi connectivity index (χ3n) is 5.63. The fraction of sp³-hybridized carbons (Fsp3) is 0.138. The summed E-state index contributed by atoms with van der Waals surface area (Å²) in [6, 6.07) is 14.1. The number of carbonyl (C=O) groups excluding carboxylic acids is 3. The van der Waals surface area contributed by atoms with E-state index in [4.69, 9.17) is 4.74 Å². The predicted molar refractivity (Wildman–Crippen MR) is 148 cm³/mol. The number of carbonyl (C=O) groups is 3. The van der Waals surface area contributed by atoms with Crippen LogP contribution in [-0.4, -0.2) is 40.9 Å². The second kappa shape index (κ2) is 14.3. The molecule has 216 valence electrons. The van der Waals surface area contributed by atoms with E-state index in [1.807, 2.05) is 0 Å². The molecule has 10 nitrogen and oxygen atoms in total. The zero-order chi connectivity index (χ0) is 29.9. The number of hydrogen-bond acceptors (Lipinski definition) is 7. The molecule has 0 radical (unpaired) electrons. The fourth-order valence-corrected chi connectivity index (χ4v) is 3.64. The highest BCUT2D eigenvalue weighted by Gasteiger charge is 2.13. The number of anilines is 2. The molecule has 4 amide bonds. The summed E-state index contributed by atoms with van der Waals surface area (Å²) in [5, 5.41) is 10.2.